The first kappa shape index (κ1) is 36.9. The van der Waals surface area contributed by atoms with Crippen LogP contribution in [-0.4, -0.2) is 28.3 Å². The normalized spacial score (nSPS) is 12.2. The molecule has 0 amide bonds. The van der Waals surface area contributed by atoms with E-state index in [2.05, 4.69) is 91.5 Å². The van der Waals surface area contributed by atoms with E-state index in [1.807, 2.05) is 123 Å². The molecule has 0 saturated carbocycles. The van der Waals surface area contributed by atoms with Gasteiger partial charge in [-0.3, -0.25) is 0 Å². The predicted octanol–water partition coefficient (Wildman–Crippen LogP) is 12.4. The summed E-state index contributed by atoms with van der Waals surface area (Å²) in [4.78, 5) is 14.8. The minimum absolute atomic E-state index is 0.522. The summed E-state index contributed by atoms with van der Waals surface area (Å²) in [6.45, 7) is 10.2. The SMILES string of the molecule is C=C(/C=C\C=C/C)/C(=C(/c1ccccc1)c1cccc(-c2ccc(-c3nc(-c4ccccc4)nc(-c4ccccc4)n3)cc2P(C)(C)=O)c1)c1ccccc1. The van der Waals surface area contributed by atoms with Crippen molar-refractivity contribution in [2.24, 2.45) is 0 Å². The lowest BCUT2D eigenvalue weighted by molar-refractivity contribution is 0.588. The second-order valence-corrected chi connectivity index (χ2v) is 16.8. The zero-order chi connectivity index (χ0) is 38.2. The standard InChI is InChI=1S/C50H42N3OP/c1-5-6-11-21-36(2)46(37-22-12-7-13-23-37)47(38-24-14-8-15-25-38)42-31-20-30-41(34-42)44-33-32-43(35-45(44)55(3,4)54)50-52-48(39-26-16-9-17-27-39)51-49(53-50)40-28-18-10-19-29-40/h5-35H,2H2,1,3-4H3/b6-5-,21-11-,47-46+. The van der Waals surface area contributed by atoms with Crippen LogP contribution in [0.25, 0.3) is 56.4 Å². The number of allylic oxidation sites excluding steroid dienone is 6. The summed E-state index contributed by atoms with van der Waals surface area (Å²) in [6.07, 6.45) is 8.10. The average Bonchev–Trinajstić information content (AvgIpc) is 3.23. The fourth-order valence-electron chi connectivity index (χ4n) is 6.66. The van der Waals surface area contributed by atoms with E-state index in [0.29, 0.717) is 17.5 Å². The highest BCUT2D eigenvalue weighted by Gasteiger charge is 2.22. The third kappa shape index (κ3) is 8.52. The Balaban J connectivity index is 1.41. The molecule has 0 saturated heterocycles. The molecule has 6 aromatic carbocycles. The monoisotopic (exact) mass is 731 g/mol. The molecule has 268 valence electrons. The molecule has 0 fully saturated rings. The number of nitrogens with zero attached hydrogens (tertiary/aromatic N) is 3. The van der Waals surface area contributed by atoms with Crippen LogP contribution in [-0.2, 0) is 4.57 Å². The summed E-state index contributed by atoms with van der Waals surface area (Å²) in [5, 5.41) is 0.761. The Morgan fingerprint density at radius 2 is 1.02 bits per heavy atom. The second-order valence-electron chi connectivity index (χ2n) is 13.6. The molecule has 0 aliphatic rings. The molecular weight excluding hydrogens is 690 g/mol. The molecule has 0 unspecified atom stereocenters. The number of aromatic nitrogens is 3. The second kappa shape index (κ2) is 16.7. The van der Waals surface area contributed by atoms with Crippen LogP contribution in [0.4, 0.5) is 0 Å². The van der Waals surface area contributed by atoms with Crippen LogP contribution in [0, 0.1) is 0 Å². The third-order valence-electron chi connectivity index (χ3n) is 9.29. The molecule has 55 heavy (non-hydrogen) atoms. The van der Waals surface area contributed by atoms with E-state index in [1.54, 1.807) is 0 Å². The van der Waals surface area contributed by atoms with Gasteiger partial charge in [-0.15, -0.1) is 0 Å². The Labute approximate surface area is 324 Å². The van der Waals surface area contributed by atoms with Gasteiger partial charge >= 0.3 is 0 Å². The van der Waals surface area contributed by atoms with Gasteiger partial charge in [0.2, 0.25) is 0 Å². The van der Waals surface area contributed by atoms with Gasteiger partial charge in [0.15, 0.2) is 17.5 Å². The van der Waals surface area contributed by atoms with Gasteiger partial charge in [0.05, 0.1) is 0 Å². The van der Waals surface area contributed by atoms with Crippen molar-refractivity contribution in [3.05, 3.63) is 217 Å². The van der Waals surface area contributed by atoms with Crippen molar-refractivity contribution < 1.29 is 4.57 Å². The van der Waals surface area contributed by atoms with E-state index in [4.69, 9.17) is 15.0 Å². The van der Waals surface area contributed by atoms with Crippen molar-refractivity contribution in [3.63, 3.8) is 0 Å². The predicted molar refractivity (Wildman–Crippen MR) is 233 cm³/mol. The van der Waals surface area contributed by atoms with Crippen molar-refractivity contribution in [2.45, 2.75) is 6.92 Å². The molecular formula is C50H42N3OP. The molecule has 4 nitrogen and oxygen atoms in total. The van der Waals surface area contributed by atoms with Crippen molar-refractivity contribution >= 4 is 23.6 Å². The quantitative estimate of drug-likeness (QED) is 0.0755. The van der Waals surface area contributed by atoms with E-state index < -0.39 is 7.14 Å². The lowest BCUT2D eigenvalue weighted by Crippen LogP contribution is -2.09. The lowest BCUT2D eigenvalue weighted by atomic mass is 9.85. The maximum atomic E-state index is 14.2. The summed E-state index contributed by atoms with van der Waals surface area (Å²) in [5.74, 6) is 1.68. The van der Waals surface area contributed by atoms with Crippen molar-refractivity contribution in [3.8, 4) is 45.3 Å². The maximum Gasteiger partial charge on any atom is 0.164 e. The van der Waals surface area contributed by atoms with Gasteiger partial charge in [0.25, 0.3) is 0 Å². The van der Waals surface area contributed by atoms with Crippen molar-refractivity contribution in [1.29, 1.82) is 0 Å². The Hall–Kier alpha value is -6.48. The highest BCUT2D eigenvalue weighted by Crippen LogP contribution is 2.42. The van der Waals surface area contributed by atoms with Gasteiger partial charge in [-0.2, -0.15) is 0 Å². The highest BCUT2D eigenvalue weighted by molar-refractivity contribution is 7.70. The fourth-order valence-corrected chi connectivity index (χ4v) is 7.90. The van der Waals surface area contributed by atoms with Crippen LogP contribution < -0.4 is 5.30 Å². The smallest absolute Gasteiger partial charge is 0.164 e. The first-order valence-corrected chi connectivity index (χ1v) is 20.9. The molecule has 0 aliphatic carbocycles. The van der Waals surface area contributed by atoms with E-state index in [0.717, 1.165) is 66.5 Å². The van der Waals surface area contributed by atoms with Gasteiger partial charge in [-0.05, 0) is 76.9 Å². The van der Waals surface area contributed by atoms with E-state index >= 15 is 0 Å². The number of rotatable bonds is 11. The molecule has 7 aromatic rings. The summed E-state index contributed by atoms with van der Waals surface area (Å²) < 4.78 is 14.2. The Bertz CT molecular complexity index is 2530. The minimum Gasteiger partial charge on any atom is -0.319 e. The molecule has 0 bridgehead atoms. The zero-order valence-electron chi connectivity index (χ0n) is 31.3. The highest BCUT2D eigenvalue weighted by atomic mass is 31.2. The van der Waals surface area contributed by atoms with Gasteiger partial charge in [0, 0.05) is 22.0 Å². The fraction of sp³-hybridized carbons (Fsp3) is 0.0600. The van der Waals surface area contributed by atoms with E-state index in [1.165, 1.54) is 0 Å². The zero-order valence-corrected chi connectivity index (χ0v) is 32.2. The molecule has 0 N–H and O–H groups in total. The molecule has 1 aromatic heterocycles. The summed E-state index contributed by atoms with van der Waals surface area (Å²) in [5.41, 5.74) is 10.6. The van der Waals surface area contributed by atoms with Crippen LogP contribution in [0.2, 0.25) is 0 Å². The van der Waals surface area contributed by atoms with Crippen LogP contribution in [0.3, 0.4) is 0 Å². The first-order valence-electron chi connectivity index (χ1n) is 18.3. The van der Waals surface area contributed by atoms with E-state index in [-0.39, 0.29) is 0 Å². The number of hydrogen-bond donors (Lipinski definition) is 0. The minimum atomic E-state index is -2.82. The molecule has 1 heterocycles. The largest absolute Gasteiger partial charge is 0.319 e. The van der Waals surface area contributed by atoms with Crippen LogP contribution >= 0.6 is 7.14 Å². The summed E-state index contributed by atoms with van der Waals surface area (Å²) in [6, 6.07) is 55.3. The van der Waals surface area contributed by atoms with Gasteiger partial charge in [-0.25, -0.2) is 15.0 Å². The van der Waals surface area contributed by atoms with Crippen molar-refractivity contribution in [1.82, 2.24) is 15.0 Å². The third-order valence-corrected chi connectivity index (χ3v) is 10.8. The number of benzene rings is 6. The van der Waals surface area contributed by atoms with E-state index in [9.17, 15) is 4.57 Å². The molecule has 5 heteroatoms. The maximum absolute atomic E-state index is 14.2. The lowest BCUT2D eigenvalue weighted by Gasteiger charge is -2.20. The van der Waals surface area contributed by atoms with Crippen LogP contribution in [0.5, 0.6) is 0 Å². The molecule has 0 spiro atoms. The summed E-state index contributed by atoms with van der Waals surface area (Å²) >= 11 is 0. The average molecular weight is 732 g/mol. The first-order chi connectivity index (χ1) is 26.8. The van der Waals surface area contributed by atoms with Crippen LogP contribution in [0.1, 0.15) is 23.6 Å². The van der Waals surface area contributed by atoms with Gasteiger partial charge in [-0.1, -0.05) is 183 Å². The molecule has 0 atom stereocenters. The van der Waals surface area contributed by atoms with Gasteiger partial charge in [0.1, 0.15) is 7.14 Å². The molecule has 0 radical (unpaired) electrons. The van der Waals surface area contributed by atoms with Crippen LogP contribution in [0.15, 0.2) is 200 Å². The Morgan fingerprint density at radius 1 is 0.527 bits per heavy atom. The Morgan fingerprint density at radius 3 is 1.56 bits per heavy atom. The van der Waals surface area contributed by atoms with Crippen molar-refractivity contribution in [2.75, 3.05) is 13.3 Å². The number of hydrogen-bond acceptors (Lipinski definition) is 4. The van der Waals surface area contributed by atoms with Gasteiger partial charge < -0.3 is 4.57 Å². The summed E-state index contributed by atoms with van der Waals surface area (Å²) in [7, 11) is -2.82. The molecule has 0 aliphatic heterocycles. The Kier molecular flexibility index (Phi) is 11.2. The topological polar surface area (TPSA) is 55.7 Å². The molecule has 7 rings (SSSR count).